The number of hydrogen-bond acceptors (Lipinski definition) is 3. The second-order valence-corrected chi connectivity index (χ2v) is 7.74. The fourth-order valence-corrected chi connectivity index (χ4v) is 4.05. The van der Waals surface area contributed by atoms with Crippen LogP contribution in [-0.2, 0) is 20.8 Å². The third-order valence-electron chi connectivity index (χ3n) is 5.67. The maximum Gasteiger partial charge on any atom is 0.246 e. The van der Waals surface area contributed by atoms with Gasteiger partial charge in [0.1, 0.15) is 0 Å². The van der Waals surface area contributed by atoms with Crippen molar-refractivity contribution >= 4 is 29.1 Å². The van der Waals surface area contributed by atoms with Crippen LogP contribution >= 0.6 is 0 Å². The molecule has 0 spiro atoms. The molecule has 3 amide bonds. The van der Waals surface area contributed by atoms with Gasteiger partial charge in [0.15, 0.2) is 0 Å². The number of carbonyl (C=O) groups excluding carboxylic acids is 3. The van der Waals surface area contributed by atoms with Gasteiger partial charge >= 0.3 is 0 Å². The predicted octanol–water partition coefficient (Wildman–Crippen LogP) is 2.44. The molecule has 2 aliphatic heterocycles. The molecule has 1 N–H and O–H groups in total. The summed E-state index contributed by atoms with van der Waals surface area (Å²) in [4.78, 5) is 41.1. The van der Waals surface area contributed by atoms with Crippen LogP contribution in [0.15, 0.2) is 48.5 Å². The van der Waals surface area contributed by atoms with E-state index in [-0.39, 0.29) is 30.7 Å². The van der Waals surface area contributed by atoms with E-state index in [0.717, 1.165) is 35.3 Å². The topological polar surface area (TPSA) is 69.7 Å². The Kier molecular flexibility index (Phi) is 5.34. The van der Waals surface area contributed by atoms with Crippen LogP contribution in [0.25, 0.3) is 0 Å². The van der Waals surface area contributed by atoms with E-state index in [1.807, 2.05) is 55.5 Å². The Morgan fingerprint density at radius 3 is 2.66 bits per heavy atom. The maximum atomic E-state index is 12.7. The molecule has 4 rings (SSSR count). The maximum absolute atomic E-state index is 12.7. The third kappa shape index (κ3) is 4.01. The van der Waals surface area contributed by atoms with Crippen molar-refractivity contribution in [1.29, 1.82) is 0 Å². The molecule has 0 bridgehead atoms. The Labute approximate surface area is 170 Å². The Hall–Kier alpha value is -3.15. The van der Waals surface area contributed by atoms with Gasteiger partial charge in [-0.1, -0.05) is 35.9 Å². The van der Waals surface area contributed by atoms with Gasteiger partial charge in [-0.25, -0.2) is 0 Å². The number of anilines is 2. The van der Waals surface area contributed by atoms with E-state index in [9.17, 15) is 14.4 Å². The van der Waals surface area contributed by atoms with E-state index >= 15 is 0 Å². The number of nitrogens with zero attached hydrogens (tertiary/aromatic N) is 2. The van der Waals surface area contributed by atoms with Crippen LogP contribution in [-0.4, -0.2) is 37.4 Å². The zero-order valence-electron chi connectivity index (χ0n) is 16.6. The number of carbonyl (C=O) groups is 3. The van der Waals surface area contributed by atoms with Gasteiger partial charge in [-0.3, -0.25) is 14.4 Å². The fourth-order valence-electron chi connectivity index (χ4n) is 4.05. The summed E-state index contributed by atoms with van der Waals surface area (Å²) in [5, 5.41) is 2.75. The van der Waals surface area contributed by atoms with Crippen LogP contribution in [0, 0.1) is 12.8 Å². The third-order valence-corrected chi connectivity index (χ3v) is 5.67. The minimum Gasteiger partial charge on any atom is -0.347 e. The first-order valence-corrected chi connectivity index (χ1v) is 10.1. The molecule has 2 heterocycles. The summed E-state index contributed by atoms with van der Waals surface area (Å²) in [5.74, 6) is -0.868. The molecule has 0 unspecified atom stereocenters. The number of nitrogens with one attached hydrogen (secondary N) is 1. The van der Waals surface area contributed by atoms with Gasteiger partial charge in [0.05, 0.1) is 12.5 Å². The highest BCUT2D eigenvalue weighted by Gasteiger charge is 2.35. The highest BCUT2D eigenvalue weighted by Crippen LogP contribution is 2.27. The number of amides is 3. The van der Waals surface area contributed by atoms with Crippen molar-refractivity contribution in [2.45, 2.75) is 26.2 Å². The average Bonchev–Trinajstić information content (AvgIpc) is 3.13. The molecule has 2 aromatic rings. The second-order valence-electron chi connectivity index (χ2n) is 7.74. The number of hydrogen-bond donors (Lipinski definition) is 1. The van der Waals surface area contributed by atoms with Gasteiger partial charge in [-0.15, -0.1) is 0 Å². The summed E-state index contributed by atoms with van der Waals surface area (Å²) in [6.45, 7) is 2.94. The molecule has 1 atom stereocenters. The zero-order chi connectivity index (χ0) is 20.4. The fraction of sp³-hybridized carbons (Fsp3) is 0.348. The largest absolute Gasteiger partial charge is 0.347 e. The van der Waals surface area contributed by atoms with E-state index in [1.54, 1.807) is 9.80 Å². The molecule has 6 heteroatoms. The lowest BCUT2D eigenvalue weighted by molar-refractivity contribution is -0.128. The van der Waals surface area contributed by atoms with Crippen molar-refractivity contribution in [3.05, 3.63) is 59.7 Å². The van der Waals surface area contributed by atoms with Crippen molar-refractivity contribution in [1.82, 2.24) is 5.32 Å². The molecular formula is C23H25N3O3. The molecule has 150 valence electrons. The second kappa shape index (κ2) is 8.07. The van der Waals surface area contributed by atoms with E-state index in [0.29, 0.717) is 13.1 Å². The number of rotatable bonds is 4. The van der Waals surface area contributed by atoms with E-state index < -0.39 is 5.92 Å². The molecule has 6 nitrogen and oxygen atoms in total. The minimum absolute atomic E-state index is 0.0532. The first-order valence-electron chi connectivity index (χ1n) is 10.1. The van der Waals surface area contributed by atoms with E-state index in [1.165, 1.54) is 0 Å². The number of aryl methyl sites for hydroxylation is 2. The van der Waals surface area contributed by atoms with Crippen LogP contribution in [0.4, 0.5) is 11.4 Å². The first-order chi connectivity index (χ1) is 14.0. The molecule has 0 radical (unpaired) electrons. The summed E-state index contributed by atoms with van der Waals surface area (Å²) in [6.07, 6.45) is 2.05. The molecule has 1 fully saturated rings. The molecule has 29 heavy (non-hydrogen) atoms. The summed E-state index contributed by atoms with van der Waals surface area (Å²) >= 11 is 0. The van der Waals surface area contributed by atoms with Crippen LogP contribution in [0.2, 0.25) is 0 Å². The molecule has 1 saturated heterocycles. The Bertz CT molecular complexity index is 939. The van der Waals surface area contributed by atoms with Gasteiger partial charge < -0.3 is 15.1 Å². The summed E-state index contributed by atoms with van der Waals surface area (Å²) < 4.78 is 0. The normalized spacial score (nSPS) is 18.5. The SMILES string of the molecule is Cc1ccc(N2C[C@H](C(=O)NCC(=O)N3CCCc4ccccc43)CC2=O)cc1. The summed E-state index contributed by atoms with van der Waals surface area (Å²) in [6, 6.07) is 15.6. The van der Waals surface area contributed by atoms with Crippen LogP contribution < -0.4 is 15.1 Å². The van der Waals surface area contributed by atoms with Gasteiger partial charge in [0, 0.05) is 30.9 Å². The predicted molar refractivity (Wildman–Crippen MR) is 112 cm³/mol. The average molecular weight is 391 g/mol. The van der Waals surface area contributed by atoms with Gasteiger partial charge in [-0.05, 0) is 43.5 Å². The molecule has 0 aliphatic carbocycles. The monoisotopic (exact) mass is 391 g/mol. The summed E-state index contributed by atoms with van der Waals surface area (Å²) in [5.41, 5.74) is 4.01. The molecule has 0 aromatic heterocycles. The van der Waals surface area contributed by atoms with Gasteiger partial charge in [0.25, 0.3) is 0 Å². The molecule has 2 aromatic carbocycles. The smallest absolute Gasteiger partial charge is 0.246 e. The standard InChI is InChI=1S/C23H25N3O3/c1-16-8-10-19(11-9-16)26-15-18(13-21(26)27)23(29)24-14-22(28)25-12-4-6-17-5-2-3-7-20(17)25/h2-3,5,7-11,18H,4,6,12-15H2,1H3,(H,24,29)/t18-/m1/s1. The Morgan fingerprint density at radius 2 is 1.86 bits per heavy atom. The zero-order valence-corrected chi connectivity index (χ0v) is 16.6. The van der Waals surface area contributed by atoms with Crippen molar-refractivity contribution < 1.29 is 14.4 Å². The van der Waals surface area contributed by atoms with Crippen LogP contribution in [0.3, 0.4) is 0 Å². The van der Waals surface area contributed by atoms with Crippen molar-refractivity contribution in [3.8, 4) is 0 Å². The number of benzene rings is 2. The highest BCUT2D eigenvalue weighted by molar-refractivity contribution is 6.02. The Balaban J connectivity index is 1.35. The highest BCUT2D eigenvalue weighted by atomic mass is 16.2. The van der Waals surface area contributed by atoms with E-state index in [4.69, 9.17) is 0 Å². The molecular weight excluding hydrogens is 366 g/mol. The lowest BCUT2D eigenvalue weighted by Crippen LogP contribution is -2.44. The first kappa shape index (κ1) is 19.2. The van der Waals surface area contributed by atoms with Crippen LogP contribution in [0.1, 0.15) is 24.0 Å². The van der Waals surface area contributed by atoms with Gasteiger partial charge in [0.2, 0.25) is 17.7 Å². The van der Waals surface area contributed by atoms with Crippen molar-refractivity contribution in [2.24, 2.45) is 5.92 Å². The van der Waals surface area contributed by atoms with Crippen LogP contribution in [0.5, 0.6) is 0 Å². The van der Waals surface area contributed by atoms with E-state index in [2.05, 4.69) is 5.32 Å². The quantitative estimate of drug-likeness (QED) is 0.870. The number of para-hydroxylation sites is 1. The number of fused-ring (bicyclic) bond motifs is 1. The van der Waals surface area contributed by atoms with Crippen molar-refractivity contribution in [3.63, 3.8) is 0 Å². The molecule has 0 saturated carbocycles. The summed E-state index contributed by atoms with van der Waals surface area (Å²) in [7, 11) is 0. The van der Waals surface area contributed by atoms with Gasteiger partial charge in [-0.2, -0.15) is 0 Å². The minimum atomic E-state index is -0.440. The lowest BCUT2D eigenvalue weighted by atomic mass is 10.0. The Morgan fingerprint density at radius 1 is 1.10 bits per heavy atom. The lowest BCUT2D eigenvalue weighted by Gasteiger charge is -2.29. The molecule has 2 aliphatic rings. The van der Waals surface area contributed by atoms with Crippen molar-refractivity contribution in [2.75, 3.05) is 29.4 Å².